The third kappa shape index (κ3) is 5.46. The first-order chi connectivity index (χ1) is 3.91. The summed E-state index contributed by atoms with van der Waals surface area (Å²) in [7, 11) is 1.62. The van der Waals surface area contributed by atoms with E-state index in [9.17, 15) is 0 Å². The number of ether oxygens (including phenoxy) is 1. The second-order valence-electron chi connectivity index (χ2n) is 1.16. The smallest absolute Gasteiger partial charge is 0.0979 e. The second kappa shape index (κ2) is 6.46. The summed E-state index contributed by atoms with van der Waals surface area (Å²) >= 11 is 0. The summed E-state index contributed by atoms with van der Waals surface area (Å²) in [6, 6.07) is 0. The molecule has 0 amide bonds. The fourth-order valence-corrected chi connectivity index (χ4v) is 0.243. The molecule has 0 atom stereocenters. The van der Waals surface area contributed by atoms with E-state index in [0.717, 1.165) is 0 Å². The molecule has 3 nitrogen and oxygen atoms in total. The molecule has 0 aliphatic carbocycles. The lowest BCUT2D eigenvalue weighted by Gasteiger charge is -1.98. The van der Waals surface area contributed by atoms with Crippen LogP contribution < -0.4 is 5.48 Å². The maximum absolute atomic E-state index is 4.73. The summed E-state index contributed by atoms with van der Waals surface area (Å²) in [4.78, 5) is 4.73. The van der Waals surface area contributed by atoms with Gasteiger partial charge in [0.05, 0.1) is 13.2 Å². The molecule has 0 aromatic heterocycles. The molecule has 0 aromatic carbocycles. The van der Waals surface area contributed by atoms with Crippen molar-refractivity contribution < 1.29 is 9.57 Å². The van der Waals surface area contributed by atoms with Crippen molar-refractivity contribution in [2.24, 2.45) is 0 Å². The van der Waals surface area contributed by atoms with E-state index in [1.807, 2.05) is 0 Å². The summed E-state index contributed by atoms with van der Waals surface area (Å²) in [6.45, 7) is 4.52. The van der Waals surface area contributed by atoms with Crippen molar-refractivity contribution in [2.45, 2.75) is 0 Å². The lowest BCUT2D eigenvalue weighted by molar-refractivity contribution is 0.0286. The van der Waals surface area contributed by atoms with E-state index in [1.165, 1.54) is 6.20 Å². The van der Waals surface area contributed by atoms with Crippen molar-refractivity contribution in [3.8, 4) is 0 Å². The number of rotatable bonds is 5. The Kier molecular flexibility index (Phi) is 6.02. The molecule has 48 valence electrons. The van der Waals surface area contributed by atoms with Gasteiger partial charge in [0.1, 0.15) is 0 Å². The molecule has 0 fully saturated rings. The summed E-state index contributed by atoms with van der Waals surface area (Å²) in [6.07, 6.45) is 1.47. The Balaban J connectivity index is 2.62. The summed E-state index contributed by atoms with van der Waals surface area (Å²) in [5.41, 5.74) is 2.47. The normalized spacial score (nSPS) is 8.62. The van der Waals surface area contributed by atoms with Crippen molar-refractivity contribution in [1.29, 1.82) is 0 Å². The van der Waals surface area contributed by atoms with Crippen LogP contribution in [-0.4, -0.2) is 20.3 Å². The molecular weight excluding hydrogens is 106 g/mol. The number of hydroxylamine groups is 1. The Labute approximate surface area is 49.2 Å². The zero-order valence-electron chi connectivity index (χ0n) is 5.02. The van der Waals surface area contributed by atoms with Gasteiger partial charge in [0, 0.05) is 13.3 Å². The first-order valence-electron chi connectivity index (χ1n) is 2.39. The molecule has 0 bridgehead atoms. The summed E-state index contributed by atoms with van der Waals surface area (Å²) in [5.74, 6) is 0. The minimum atomic E-state index is 0.544. The molecule has 0 spiro atoms. The highest BCUT2D eigenvalue weighted by molar-refractivity contribution is 4.52. The number of methoxy groups -OCH3 is 1. The molecule has 8 heavy (non-hydrogen) atoms. The minimum absolute atomic E-state index is 0.544. The van der Waals surface area contributed by atoms with Crippen molar-refractivity contribution >= 4 is 0 Å². The Morgan fingerprint density at radius 2 is 2.38 bits per heavy atom. The van der Waals surface area contributed by atoms with Crippen LogP contribution in [-0.2, 0) is 9.57 Å². The van der Waals surface area contributed by atoms with Gasteiger partial charge in [-0.25, -0.2) is 0 Å². The Morgan fingerprint density at radius 3 is 2.88 bits per heavy atom. The van der Waals surface area contributed by atoms with Crippen LogP contribution in [0.5, 0.6) is 0 Å². The monoisotopic (exact) mass is 117 g/mol. The topological polar surface area (TPSA) is 30.5 Å². The van der Waals surface area contributed by atoms with Gasteiger partial charge in [0.25, 0.3) is 0 Å². The van der Waals surface area contributed by atoms with Crippen LogP contribution in [0.25, 0.3) is 0 Å². The van der Waals surface area contributed by atoms with Gasteiger partial charge in [0.15, 0.2) is 0 Å². The Bertz CT molecular complexity index is 56.4. The van der Waals surface area contributed by atoms with Gasteiger partial charge in [-0.15, -0.1) is 0 Å². The van der Waals surface area contributed by atoms with Crippen LogP contribution in [0.15, 0.2) is 12.8 Å². The van der Waals surface area contributed by atoms with Gasteiger partial charge in [0.2, 0.25) is 0 Å². The number of nitrogens with one attached hydrogen (secondary N) is 1. The fourth-order valence-electron chi connectivity index (χ4n) is 0.243. The van der Waals surface area contributed by atoms with Crippen molar-refractivity contribution in [2.75, 3.05) is 20.3 Å². The molecule has 0 aliphatic rings. The minimum Gasteiger partial charge on any atom is -0.382 e. The third-order valence-electron chi connectivity index (χ3n) is 0.556. The van der Waals surface area contributed by atoms with Gasteiger partial charge >= 0.3 is 0 Å². The zero-order chi connectivity index (χ0) is 6.24. The van der Waals surface area contributed by atoms with E-state index in [2.05, 4.69) is 16.8 Å². The predicted molar refractivity (Wildman–Crippen MR) is 31.2 cm³/mol. The van der Waals surface area contributed by atoms with E-state index in [1.54, 1.807) is 7.11 Å². The standard InChI is InChI=1S/C5H11NO2/c1-3-6-8-5-4-7-2/h3,6H,1,4-5H2,2H3. The third-order valence-corrected chi connectivity index (χ3v) is 0.556. The molecule has 0 rings (SSSR count). The lowest BCUT2D eigenvalue weighted by atomic mass is 10.8. The van der Waals surface area contributed by atoms with Gasteiger partial charge in [-0.05, 0) is 0 Å². The summed E-state index contributed by atoms with van der Waals surface area (Å²) in [5, 5.41) is 0. The average molecular weight is 117 g/mol. The van der Waals surface area contributed by atoms with Crippen LogP contribution in [0.4, 0.5) is 0 Å². The molecule has 0 aromatic rings. The van der Waals surface area contributed by atoms with E-state index in [-0.39, 0.29) is 0 Å². The van der Waals surface area contributed by atoms with E-state index < -0.39 is 0 Å². The average Bonchev–Trinajstić information content (AvgIpc) is 1.81. The molecule has 0 saturated carbocycles. The van der Waals surface area contributed by atoms with Crippen LogP contribution in [0, 0.1) is 0 Å². The maximum atomic E-state index is 4.73. The number of hydrogen-bond donors (Lipinski definition) is 1. The highest BCUT2D eigenvalue weighted by atomic mass is 16.7. The molecular formula is C5H11NO2. The van der Waals surface area contributed by atoms with Gasteiger partial charge in [-0.1, -0.05) is 6.58 Å². The van der Waals surface area contributed by atoms with E-state index >= 15 is 0 Å². The van der Waals surface area contributed by atoms with Crippen LogP contribution in [0.2, 0.25) is 0 Å². The van der Waals surface area contributed by atoms with Crippen LogP contribution in [0.3, 0.4) is 0 Å². The van der Waals surface area contributed by atoms with Crippen LogP contribution in [0.1, 0.15) is 0 Å². The second-order valence-corrected chi connectivity index (χ2v) is 1.16. The number of hydrogen-bond acceptors (Lipinski definition) is 3. The van der Waals surface area contributed by atoms with Gasteiger partial charge < -0.3 is 4.74 Å². The Morgan fingerprint density at radius 1 is 1.62 bits per heavy atom. The van der Waals surface area contributed by atoms with Gasteiger partial charge in [-0.3, -0.25) is 10.3 Å². The largest absolute Gasteiger partial charge is 0.382 e. The molecule has 0 aliphatic heterocycles. The van der Waals surface area contributed by atoms with E-state index in [4.69, 9.17) is 4.84 Å². The first-order valence-corrected chi connectivity index (χ1v) is 2.39. The van der Waals surface area contributed by atoms with Crippen LogP contribution >= 0.6 is 0 Å². The summed E-state index contributed by atoms with van der Waals surface area (Å²) < 4.78 is 4.69. The zero-order valence-corrected chi connectivity index (χ0v) is 5.02. The first kappa shape index (κ1) is 7.46. The highest BCUT2D eigenvalue weighted by Crippen LogP contribution is 1.68. The lowest BCUT2D eigenvalue weighted by Crippen LogP contribution is -2.10. The molecule has 3 heteroatoms. The quantitative estimate of drug-likeness (QED) is 0.415. The highest BCUT2D eigenvalue weighted by Gasteiger charge is 1.78. The SMILES string of the molecule is C=CNOCCOC. The molecule has 0 unspecified atom stereocenters. The molecule has 0 heterocycles. The van der Waals surface area contributed by atoms with Crippen molar-refractivity contribution in [3.63, 3.8) is 0 Å². The van der Waals surface area contributed by atoms with E-state index in [0.29, 0.717) is 13.2 Å². The Hall–Kier alpha value is -0.540. The van der Waals surface area contributed by atoms with Gasteiger partial charge in [-0.2, -0.15) is 0 Å². The molecule has 0 radical (unpaired) electrons. The van der Waals surface area contributed by atoms with Crippen molar-refractivity contribution in [3.05, 3.63) is 12.8 Å². The molecule has 0 saturated heterocycles. The fraction of sp³-hybridized carbons (Fsp3) is 0.600. The predicted octanol–water partition coefficient (Wildman–Crippen LogP) is 0.297. The maximum Gasteiger partial charge on any atom is 0.0979 e. The van der Waals surface area contributed by atoms with Crippen molar-refractivity contribution in [1.82, 2.24) is 5.48 Å². The molecule has 1 N–H and O–H groups in total.